The molecule has 0 aliphatic heterocycles. The van der Waals surface area contributed by atoms with E-state index in [1.54, 1.807) is 0 Å². The zero-order valence-electron chi connectivity index (χ0n) is 8.81. The fourth-order valence-corrected chi connectivity index (χ4v) is 1.90. The number of nitrogens with zero attached hydrogens (tertiary/aromatic N) is 2. The van der Waals surface area contributed by atoms with Crippen molar-refractivity contribution in [1.82, 2.24) is 9.97 Å². The Hall–Kier alpha value is -0.150. The van der Waals surface area contributed by atoms with Crippen LogP contribution in [0.2, 0.25) is 5.15 Å². The van der Waals surface area contributed by atoms with Gasteiger partial charge in [-0.1, -0.05) is 18.5 Å². The molecule has 0 spiro atoms. The minimum Gasteiger partial charge on any atom is -0.364 e. The summed E-state index contributed by atoms with van der Waals surface area (Å²) in [4.78, 5) is 7.93. The molecule has 0 radical (unpaired) electrons. The highest BCUT2D eigenvalue weighted by Gasteiger charge is 2.27. The number of rotatable bonds is 4. The summed E-state index contributed by atoms with van der Waals surface area (Å²) in [6.45, 7) is 0.256. The van der Waals surface area contributed by atoms with Crippen molar-refractivity contribution in [2.24, 2.45) is 0 Å². The van der Waals surface area contributed by atoms with Crippen LogP contribution in [0.1, 0.15) is 18.4 Å². The number of halogens is 5. The summed E-state index contributed by atoms with van der Waals surface area (Å²) in [6.07, 6.45) is -3.71. The molecule has 1 aromatic heterocycles. The molecule has 0 fully saturated rings. The maximum absolute atomic E-state index is 11.9. The molecule has 0 N–H and O–H groups in total. The Morgan fingerprint density at radius 3 is 2.53 bits per heavy atom. The molecule has 3 nitrogen and oxygen atoms in total. The van der Waals surface area contributed by atoms with E-state index < -0.39 is 12.8 Å². The van der Waals surface area contributed by atoms with Crippen LogP contribution in [0, 0.1) is 3.57 Å². The van der Waals surface area contributed by atoms with E-state index in [0.717, 1.165) is 0 Å². The van der Waals surface area contributed by atoms with Gasteiger partial charge in [0.25, 0.3) is 0 Å². The maximum atomic E-state index is 11.9. The average molecular weight is 381 g/mol. The Balaban J connectivity index is 2.69. The summed E-state index contributed by atoms with van der Waals surface area (Å²) in [5.74, 6) is 0.163. The zero-order valence-corrected chi connectivity index (χ0v) is 11.7. The molecule has 0 atom stereocenters. The van der Waals surface area contributed by atoms with Gasteiger partial charge >= 0.3 is 6.18 Å². The molecule has 1 aromatic rings. The van der Waals surface area contributed by atoms with Crippen LogP contribution in [0.5, 0.6) is 0 Å². The lowest BCUT2D eigenvalue weighted by Crippen LogP contribution is -2.17. The summed E-state index contributed by atoms with van der Waals surface area (Å²) < 4.78 is 40.7. The monoisotopic (exact) mass is 380 g/mol. The second-order valence-electron chi connectivity index (χ2n) is 3.15. The van der Waals surface area contributed by atoms with Crippen molar-refractivity contribution >= 4 is 34.2 Å². The van der Waals surface area contributed by atoms with E-state index in [9.17, 15) is 13.2 Å². The Kier molecular flexibility index (Phi) is 5.39. The first-order valence-electron chi connectivity index (χ1n) is 4.68. The van der Waals surface area contributed by atoms with Crippen LogP contribution in [0.25, 0.3) is 0 Å². The normalized spacial score (nSPS) is 11.9. The van der Waals surface area contributed by atoms with Crippen LogP contribution in [-0.2, 0) is 17.8 Å². The van der Waals surface area contributed by atoms with E-state index in [2.05, 4.69) is 14.7 Å². The topological polar surface area (TPSA) is 35.0 Å². The van der Waals surface area contributed by atoms with Crippen LogP contribution < -0.4 is 0 Å². The van der Waals surface area contributed by atoms with Crippen molar-refractivity contribution < 1.29 is 17.9 Å². The molecular formula is C9H9ClF3IN2O. The van der Waals surface area contributed by atoms with E-state index in [-0.39, 0.29) is 17.6 Å². The number of aryl methyl sites for hydroxylation is 1. The third-order valence-electron chi connectivity index (χ3n) is 1.76. The highest BCUT2D eigenvalue weighted by molar-refractivity contribution is 14.1. The Labute approximate surface area is 115 Å². The molecule has 0 saturated carbocycles. The molecule has 0 aliphatic rings. The summed E-state index contributed by atoms with van der Waals surface area (Å²) >= 11 is 7.82. The molecule has 1 heterocycles. The fourth-order valence-electron chi connectivity index (χ4n) is 1.07. The molecule has 0 aromatic carbocycles. The molecule has 0 aliphatic carbocycles. The molecule has 96 valence electrons. The van der Waals surface area contributed by atoms with E-state index >= 15 is 0 Å². The molecule has 0 bridgehead atoms. The maximum Gasteiger partial charge on any atom is 0.411 e. The summed E-state index contributed by atoms with van der Waals surface area (Å²) in [5, 5.41) is 0.239. The van der Waals surface area contributed by atoms with Crippen LogP contribution in [-0.4, -0.2) is 22.8 Å². The Bertz CT molecular complexity index is 401. The largest absolute Gasteiger partial charge is 0.411 e. The van der Waals surface area contributed by atoms with Crippen molar-refractivity contribution in [3.8, 4) is 0 Å². The molecule has 8 heteroatoms. The summed E-state index contributed by atoms with van der Waals surface area (Å²) in [7, 11) is 0. The van der Waals surface area contributed by atoms with Crippen molar-refractivity contribution in [3.05, 3.63) is 20.2 Å². The van der Waals surface area contributed by atoms with Crippen LogP contribution in [0.3, 0.4) is 0 Å². The predicted octanol–water partition coefficient (Wildman–Crippen LogP) is 3.38. The lowest BCUT2D eigenvalue weighted by atomic mass is 10.3. The van der Waals surface area contributed by atoms with Gasteiger partial charge in [-0.05, 0) is 29.0 Å². The third kappa shape index (κ3) is 4.92. The minimum atomic E-state index is -4.35. The van der Waals surface area contributed by atoms with Gasteiger partial charge in [0.15, 0.2) is 5.82 Å². The minimum absolute atomic E-state index is 0.163. The third-order valence-corrected chi connectivity index (χ3v) is 3.48. The van der Waals surface area contributed by atoms with Gasteiger partial charge in [0.1, 0.15) is 18.4 Å². The van der Waals surface area contributed by atoms with Gasteiger partial charge in [-0.25, -0.2) is 9.97 Å². The zero-order chi connectivity index (χ0) is 13.1. The van der Waals surface area contributed by atoms with Gasteiger partial charge in [-0.2, -0.15) is 13.2 Å². The van der Waals surface area contributed by atoms with Crippen molar-refractivity contribution in [3.63, 3.8) is 0 Å². The van der Waals surface area contributed by atoms with Crippen molar-refractivity contribution in [1.29, 1.82) is 0 Å². The van der Waals surface area contributed by atoms with E-state index in [4.69, 9.17) is 11.6 Å². The Morgan fingerprint density at radius 2 is 2.00 bits per heavy atom. The lowest BCUT2D eigenvalue weighted by molar-refractivity contribution is -0.177. The first-order valence-corrected chi connectivity index (χ1v) is 6.14. The number of ether oxygens (including phenoxy) is 1. The summed E-state index contributed by atoms with van der Waals surface area (Å²) in [6, 6.07) is 0. The van der Waals surface area contributed by atoms with Crippen LogP contribution in [0.4, 0.5) is 13.2 Å². The molecular weight excluding hydrogens is 371 g/mol. The first-order chi connectivity index (χ1) is 7.83. The van der Waals surface area contributed by atoms with Crippen molar-refractivity contribution in [2.75, 3.05) is 6.61 Å². The number of hydrogen-bond acceptors (Lipinski definition) is 3. The SMILES string of the molecule is CCc1nc(COCC(F)(F)F)nc(Cl)c1I. The highest BCUT2D eigenvalue weighted by atomic mass is 127. The van der Waals surface area contributed by atoms with Crippen molar-refractivity contribution in [2.45, 2.75) is 26.1 Å². The summed E-state index contributed by atoms with van der Waals surface area (Å²) in [5.41, 5.74) is 0.705. The van der Waals surface area contributed by atoms with E-state index in [1.807, 2.05) is 29.5 Å². The van der Waals surface area contributed by atoms with Crippen LogP contribution >= 0.6 is 34.2 Å². The average Bonchev–Trinajstić information content (AvgIpc) is 2.21. The molecule has 17 heavy (non-hydrogen) atoms. The van der Waals surface area contributed by atoms with Gasteiger partial charge in [0, 0.05) is 0 Å². The standard InChI is InChI=1S/C9H9ClF3IN2O/c1-2-5-7(14)8(10)16-6(15-5)3-17-4-9(11,12)13/h2-4H2,1H3. The number of aromatic nitrogens is 2. The predicted molar refractivity (Wildman–Crippen MR) is 64.8 cm³/mol. The van der Waals surface area contributed by atoms with E-state index in [1.165, 1.54) is 0 Å². The van der Waals surface area contributed by atoms with Crippen LogP contribution in [0.15, 0.2) is 0 Å². The fraction of sp³-hybridized carbons (Fsp3) is 0.556. The van der Waals surface area contributed by atoms with Gasteiger partial charge in [-0.15, -0.1) is 0 Å². The second kappa shape index (κ2) is 6.14. The second-order valence-corrected chi connectivity index (χ2v) is 4.59. The number of hydrogen-bond donors (Lipinski definition) is 0. The number of alkyl halides is 3. The molecule has 1 rings (SSSR count). The molecule has 0 unspecified atom stereocenters. The van der Waals surface area contributed by atoms with Gasteiger partial charge in [0.05, 0.1) is 9.26 Å². The Morgan fingerprint density at radius 1 is 1.35 bits per heavy atom. The smallest absolute Gasteiger partial charge is 0.364 e. The molecule has 0 saturated heterocycles. The van der Waals surface area contributed by atoms with Gasteiger partial charge < -0.3 is 4.74 Å². The van der Waals surface area contributed by atoms with Gasteiger partial charge in [0.2, 0.25) is 0 Å². The molecule has 0 amide bonds. The highest BCUT2D eigenvalue weighted by Crippen LogP contribution is 2.20. The quantitative estimate of drug-likeness (QED) is 0.593. The van der Waals surface area contributed by atoms with E-state index in [0.29, 0.717) is 15.7 Å². The lowest BCUT2D eigenvalue weighted by Gasteiger charge is -2.09. The first kappa shape index (κ1) is 14.9. The van der Waals surface area contributed by atoms with Gasteiger partial charge in [-0.3, -0.25) is 0 Å².